The molecule has 0 heterocycles. The largest absolute Gasteiger partial charge is 0.421 e. The lowest BCUT2D eigenvalue weighted by molar-refractivity contribution is -0.258. The zero-order valence-corrected chi connectivity index (χ0v) is 20.6. The van der Waals surface area contributed by atoms with Crippen molar-refractivity contribution < 1.29 is 27.9 Å². The fourth-order valence-electron chi connectivity index (χ4n) is 5.32. The van der Waals surface area contributed by atoms with Crippen molar-refractivity contribution in [2.45, 2.75) is 81.6 Å². The third kappa shape index (κ3) is 5.28. The monoisotopic (exact) mass is 502 g/mol. The number of carbonyl (C=O) groups is 2. The maximum absolute atomic E-state index is 13.5. The summed E-state index contributed by atoms with van der Waals surface area (Å²) >= 11 is 0. The Morgan fingerprint density at radius 3 is 2.03 bits per heavy atom. The Balaban J connectivity index is 1.51. The molecular formula is C28H33F3N2O3. The summed E-state index contributed by atoms with van der Waals surface area (Å²) in [6, 6.07) is 15.4. The van der Waals surface area contributed by atoms with Gasteiger partial charge in [0.25, 0.3) is 5.91 Å². The highest BCUT2D eigenvalue weighted by atomic mass is 19.4. The van der Waals surface area contributed by atoms with Crippen molar-refractivity contribution in [3.63, 3.8) is 0 Å². The molecule has 0 saturated heterocycles. The number of aliphatic hydroxyl groups is 1. The first kappa shape index (κ1) is 26.2. The van der Waals surface area contributed by atoms with Crippen molar-refractivity contribution in [2.24, 2.45) is 0 Å². The summed E-state index contributed by atoms with van der Waals surface area (Å²) in [7, 11) is 0. The van der Waals surface area contributed by atoms with Crippen LogP contribution in [-0.2, 0) is 15.8 Å². The number of carbonyl (C=O) groups excluding carboxylic acids is 2. The summed E-state index contributed by atoms with van der Waals surface area (Å²) in [5.41, 5.74) is -1.99. The van der Waals surface area contributed by atoms with Gasteiger partial charge in [-0.2, -0.15) is 13.2 Å². The van der Waals surface area contributed by atoms with Gasteiger partial charge < -0.3 is 15.3 Å². The molecule has 2 aliphatic rings. The molecule has 2 aromatic carbocycles. The van der Waals surface area contributed by atoms with Crippen molar-refractivity contribution in [1.82, 2.24) is 10.2 Å². The number of benzene rings is 2. The summed E-state index contributed by atoms with van der Waals surface area (Å²) in [6.45, 7) is 2.76. The SMILES string of the molecule is CC(=O)NCC1(c2ccccc2)CCC(N(C(=O)c2ccc(C(C)(O)C(F)(F)F)cc2)C2CC2)CC1. The fourth-order valence-corrected chi connectivity index (χ4v) is 5.32. The van der Waals surface area contributed by atoms with E-state index in [0.717, 1.165) is 38.5 Å². The minimum Gasteiger partial charge on any atom is -0.376 e. The lowest BCUT2D eigenvalue weighted by Crippen LogP contribution is -2.49. The van der Waals surface area contributed by atoms with Crippen molar-refractivity contribution >= 4 is 11.8 Å². The molecule has 1 unspecified atom stereocenters. The van der Waals surface area contributed by atoms with Gasteiger partial charge in [-0.05, 0) is 68.7 Å². The van der Waals surface area contributed by atoms with Gasteiger partial charge >= 0.3 is 6.18 Å². The topological polar surface area (TPSA) is 69.6 Å². The molecule has 36 heavy (non-hydrogen) atoms. The van der Waals surface area contributed by atoms with E-state index in [1.807, 2.05) is 23.1 Å². The average molecular weight is 503 g/mol. The van der Waals surface area contributed by atoms with Crippen LogP contribution in [0.25, 0.3) is 0 Å². The molecule has 2 amide bonds. The first-order chi connectivity index (χ1) is 16.9. The molecule has 5 nitrogen and oxygen atoms in total. The van der Waals surface area contributed by atoms with Gasteiger partial charge in [-0.15, -0.1) is 0 Å². The highest BCUT2D eigenvalue weighted by Crippen LogP contribution is 2.43. The van der Waals surface area contributed by atoms with Crippen LogP contribution in [0.4, 0.5) is 13.2 Å². The molecule has 2 aliphatic carbocycles. The van der Waals surface area contributed by atoms with Crippen LogP contribution in [-0.4, -0.2) is 46.6 Å². The van der Waals surface area contributed by atoms with E-state index in [1.165, 1.54) is 36.8 Å². The van der Waals surface area contributed by atoms with E-state index in [-0.39, 0.29) is 34.9 Å². The zero-order valence-electron chi connectivity index (χ0n) is 20.6. The quantitative estimate of drug-likeness (QED) is 0.555. The molecule has 2 N–H and O–H groups in total. The number of rotatable bonds is 7. The number of hydrogen-bond donors (Lipinski definition) is 2. The number of alkyl halides is 3. The summed E-state index contributed by atoms with van der Waals surface area (Å²) in [4.78, 5) is 27.1. The standard InChI is InChI=1S/C28H33F3N2O3/c1-19(34)32-18-27(22-6-4-3-5-7-22)16-14-24(15-17-27)33(23-12-13-23)25(35)20-8-10-21(11-9-20)26(2,36)28(29,30)31/h3-11,23-24,36H,12-18H2,1-2H3,(H,32,34). The Hall–Kier alpha value is -2.87. The zero-order chi connectivity index (χ0) is 26.1. The van der Waals surface area contributed by atoms with Crippen molar-refractivity contribution in [3.8, 4) is 0 Å². The molecule has 2 fully saturated rings. The predicted molar refractivity (Wildman–Crippen MR) is 130 cm³/mol. The molecule has 0 bridgehead atoms. The lowest BCUT2D eigenvalue weighted by atomic mass is 9.67. The molecule has 0 spiro atoms. The maximum atomic E-state index is 13.5. The van der Waals surface area contributed by atoms with Gasteiger partial charge in [0.2, 0.25) is 5.91 Å². The first-order valence-electron chi connectivity index (χ1n) is 12.5. The molecule has 8 heteroatoms. The average Bonchev–Trinajstić information content (AvgIpc) is 3.69. The minimum atomic E-state index is -4.82. The Labute approximate surface area is 209 Å². The van der Waals surface area contributed by atoms with Crippen LogP contribution in [0.5, 0.6) is 0 Å². The second-order valence-electron chi connectivity index (χ2n) is 10.4. The summed E-state index contributed by atoms with van der Waals surface area (Å²) in [6.07, 6.45) is 0.188. The van der Waals surface area contributed by atoms with Crippen molar-refractivity contribution in [2.75, 3.05) is 6.54 Å². The highest BCUT2D eigenvalue weighted by molar-refractivity contribution is 5.95. The summed E-state index contributed by atoms with van der Waals surface area (Å²) in [5.74, 6) is -0.259. The molecule has 2 aromatic rings. The fraction of sp³-hybridized carbons (Fsp3) is 0.500. The van der Waals surface area contributed by atoms with E-state index >= 15 is 0 Å². The normalized spacial score (nSPS) is 24.0. The van der Waals surface area contributed by atoms with E-state index in [0.29, 0.717) is 19.0 Å². The Morgan fingerprint density at radius 2 is 1.53 bits per heavy atom. The number of nitrogens with zero attached hydrogens (tertiary/aromatic N) is 1. The molecule has 0 aromatic heterocycles. The van der Waals surface area contributed by atoms with Gasteiger partial charge in [0.15, 0.2) is 5.60 Å². The molecule has 0 radical (unpaired) electrons. The smallest absolute Gasteiger partial charge is 0.376 e. The molecule has 194 valence electrons. The van der Waals surface area contributed by atoms with Crippen LogP contribution in [0, 0.1) is 0 Å². The second kappa shape index (κ2) is 9.88. The Kier molecular flexibility index (Phi) is 7.19. The predicted octanol–water partition coefficient (Wildman–Crippen LogP) is 5.08. The number of halogens is 3. The maximum Gasteiger partial charge on any atom is 0.421 e. The third-order valence-corrected chi connectivity index (χ3v) is 7.79. The lowest BCUT2D eigenvalue weighted by Gasteiger charge is -2.44. The van der Waals surface area contributed by atoms with E-state index < -0.39 is 11.8 Å². The third-order valence-electron chi connectivity index (χ3n) is 7.79. The van der Waals surface area contributed by atoms with Crippen LogP contribution >= 0.6 is 0 Å². The van der Waals surface area contributed by atoms with Gasteiger partial charge in [0, 0.05) is 36.5 Å². The van der Waals surface area contributed by atoms with Gasteiger partial charge in [-0.1, -0.05) is 42.5 Å². The molecule has 1 atom stereocenters. The van der Waals surface area contributed by atoms with Crippen molar-refractivity contribution in [1.29, 1.82) is 0 Å². The van der Waals surface area contributed by atoms with E-state index in [4.69, 9.17) is 0 Å². The number of amides is 2. The molecule has 0 aliphatic heterocycles. The van der Waals surface area contributed by atoms with Gasteiger partial charge in [0.1, 0.15) is 0 Å². The van der Waals surface area contributed by atoms with E-state index in [1.54, 1.807) is 0 Å². The van der Waals surface area contributed by atoms with Crippen LogP contribution < -0.4 is 5.32 Å². The van der Waals surface area contributed by atoms with E-state index in [2.05, 4.69) is 17.4 Å². The molecule has 4 rings (SSSR count). The van der Waals surface area contributed by atoms with Gasteiger partial charge in [-0.3, -0.25) is 9.59 Å². The second-order valence-corrected chi connectivity index (χ2v) is 10.4. The number of nitrogens with one attached hydrogen (secondary N) is 1. The van der Waals surface area contributed by atoms with Crippen LogP contribution in [0.15, 0.2) is 54.6 Å². The molecular weight excluding hydrogens is 469 g/mol. The highest BCUT2D eigenvalue weighted by Gasteiger charge is 2.51. The first-order valence-corrected chi connectivity index (χ1v) is 12.5. The Bertz CT molecular complexity index is 1070. The van der Waals surface area contributed by atoms with Crippen LogP contribution in [0.2, 0.25) is 0 Å². The Morgan fingerprint density at radius 1 is 0.972 bits per heavy atom. The summed E-state index contributed by atoms with van der Waals surface area (Å²) < 4.78 is 39.6. The van der Waals surface area contributed by atoms with Crippen LogP contribution in [0.1, 0.15) is 73.9 Å². The van der Waals surface area contributed by atoms with Crippen molar-refractivity contribution in [3.05, 3.63) is 71.3 Å². The van der Waals surface area contributed by atoms with E-state index in [9.17, 15) is 27.9 Å². The number of hydrogen-bond acceptors (Lipinski definition) is 3. The van der Waals surface area contributed by atoms with Crippen LogP contribution in [0.3, 0.4) is 0 Å². The van der Waals surface area contributed by atoms with Gasteiger partial charge in [-0.25, -0.2) is 0 Å². The molecule has 2 saturated carbocycles. The van der Waals surface area contributed by atoms with Gasteiger partial charge in [0.05, 0.1) is 0 Å². The minimum absolute atomic E-state index is 0.0251. The summed E-state index contributed by atoms with van der Waals surface area (Å²) in [5, 5.41) is 12.9.